The second-order valence-corrected chi connectivity index (χ2v) is 7.77. The Kier molecular flexibility index (Phi) is 7.03. The average Bonchev–Trinajstić information content (AvgIpc) is 2.85. The number of carbonyl (C=O) groups excluding carboxylic acids is 2. The van der Waals surface area contributed by atoms with Gasteiger partial charge in [0.2, 0.25) is 0 Å². The Morgan fingerprint density at radius 2 is 1.47 bits per heavy atom. The summed E-state index contributed by atoms with van der Waals surface area (Å²) in [4.78, 5) is 35.9. The van der Waals surface area contributed by atoms with Gasteiger partial charge in [-0.15, -0.1) is 0 Å². The molecule has 2 N–H and O–H groups in total. The smallest absolute Gasteiger partial charge is 0.336 e. The minimum Gasteiger partial charge on any atom is -0.489 e. The first kappa shape index (κ1) is 22.8. The molecule has 0 saturated carbocycles. The zero-order valence-electron chi connectivity index (χ0n) is 18.7. The normalized spacial score (nSPS) is 10.6. The van der Waals surface area contributed by atoms with Crippen molar-refractivity contribution >= 4 is 22.8 Å². The van der Waals surface area contributed by atoms with E-state index in [9.17, 15) is 14.4 Å². The summed E-state index contributed by atoms with van der Waals surface area (Å²) >= 11 is 0. The number of hydrogen-bond acceptors (Lipinski definition) is 5. The molecule has 7 nitrogen and oxygen atoms in total. The topological polar surface area (TPSA) is 97.6 Å². The van der Waals surface area contributed by atoms with Gasteiger partial charge in [0.1, 0.15) is 17.9 Å². The van der Waals surface area contributed by atoms with Crippen molar-refractivity contribution in [3.05, 3.63) is 112 Å². The molecule has 0 fully saturated rings. The number of ether oxygens (including phenoxy) is 1. The van der Waals surface area contributed by atoms with Gasteiger partial charge in [-0.1, -0.05) is 30.3 Å². The summed E-state index contributed by atoms with van der Waals surface area (Å²) in [5.41, 5.74) is 2.92. The number of benzene rings is 3. The Hall–Kier alpha value is -4.39. The second kappa shape index (κ2) is 10.5. The molecular weight excluding hydrogens is 432 g/mol. The molecule has 2 amide bonds. The molecule has 3 aromatic carbocycles. The van der Waals surface area contributed by atoms with Gasteiger partial charge in [0.15, 0.2) is 0 Å². The lowest BCUT2D eigenvalue weighted by atomic mass is 10.1. The Morgan fingerprint density at radius 1 is 0.824 bits per heavy atom. The molecule has 0 spiro atoms. The highest BCUT2D eigenvalue weighted by molar-refractivity contribution is 5.95. The van der Waals surface area contributed by atoms with Crippen LogP contribution in [-0.4, -0.2) is 24.9 Å². The van der Waals surface area contributed by atoms with Crippen molar-refractivity contribution in [1.29, 1.82) is 0 Å². The van der Waals surface area contributed by atoms with Crippen molar-refractivity contribution in [3.8, 4) is 5.75 Å². The quantitative estimate of drug-likeness (QED) is 0.310. The fourth-order valence-corrected chi connectivity index (χ4v) is 3.46. The zero-order valence-corrected chi connectivity index (χ0v) is 18.7. The van der Waals surface area contributed by atoms with Gasteiger partial charge in [0.25, 0.3) is 11.8 Å². The van der Waals surface area contributed by atoms with Gasteiger partial charge >= 0.3 is 5.63 Å². The third kappa shape index (κ3) is 5.69. The lowest BCUT2D eigenvalue weighted by Gasteiger charge is -2.09. The minimum absolute atomic E-state index is 0.178. The third-order valence-corrected chi connectivity index (χ3v) is 5.28. The van der Waals surface area contributed by atoms with Crippen LogP contribution in [0.3, 0.4) is 0 Å². The highest BCUT2D eigenvalue weighted by Gasteiger charge is 2.08. The summed E-state index contributed by atoms with van der Waals surface area (Å²) in [7, 11) is 0. The summed E-state index contributed by atoms with van der Waals surface area (Å²) in [6.07, 6.45) is 0. The van der Waals surface area contributed by atoms with Crippen molar-refractivity contribution in [2.45, 2.75) is 13.5 Å². The Morgan fingerprint density at radius 3 is 2.15 bits per heavy atom. The van der Waals surface area contributed by atoms with E-state index in [2.05, 4.69) is 10.6 Å². The number of carbonyl (C=O) groups is 2. The predicted molar refractivity (Wildman–Crippen MR) is 129 cm³/mol. The van der Waals surface area contributed by atoms with Crippen LogP contribution in [0.1, 0.15) is 31.8 Å². The van der Waals surface area contributed by atoms with Gasteiger partial charge in [-0.05, 0) is 54.4 Å². The largest absolute Gasteiger partial charge is 0.489 e. The molecule has 0 aliphatic carbocycles. The molecule has 34 heavy (non-hydrogen) atoms. The fraction of sp³-hybridized carbons (Fsp3) is 0.148. The first-order chi connectivity index (χ1) is 16.5. The van der Waals surface area contributed by atoms with Crippen molar-refractivity contribution < 1.29 is 18.7 Å². The summed E-state index contributed by atoms with van der Waals surface area (Å²) in [6.45, 7) is 2.81. The summed E-state index contributed by atoms with van der Waals surface area (Å²) in [5, 5.41) is 6.42. The molecule has 0 aliphatic heterocycles. The molecule has 0 aliphatic rings. The average molecular weight is 456 g/mol. The van der Waals surface area contributed by atoms with Gasteiger partial charge in [0, 0.05) is 41.7 Å². The minimum atomic E-state index is -0.394. The standard InChI is InChI=1S/C27H24N2O5/c1-18-15-25(30)34-24-16-22(11-12-23(18)24)33-17-19-7-9-21(10-8-19)27(32)29-14-13-28-26(31)20-5-3-2-4-6-20/h2-12,15-16H,13-14,17H2,1H3,(H,28,31)(H,29,32). The molecule has 172 valence electrons. The SMILES string of the molecule is Cc1cc(=O)oc2cc(OCc3ccc(C(=O)NCCNC(=O)c4ccccc4)cc3)ccc12. The van der Waals surface area contributed by atoms with Gasteiger partial charge in [-0.3, -0.25) is 9.59 Å². The number of rotatable bonds is 8. The number of nitrogens with one attached hydrogen (secondary N) is 2. The Labute approximate surface area is 196 Å². The molecule has 0 radical (unpaired) electrons. The number of hydrogen-bond donors (Lipinski definition) is 2. The van der Waals surface area contributed by atoms with Crippen molar-refractivity contribution in [1.82, 2.24) is 10.6 Å². The molecule has 0 unspecified atom stereocenters. The highest BCUT2D eigenvalue weighted by atomic mass is 16.5. The lowest BCUT2D eigenvalue weighted by Crippen LogP contribution is -2.34. The molecule has 0 bridgehead atoms. The summed E-state index contributed by atoms with van der Waals surface area (Å²) in [6, 6.07) is 22.8. The number of amides is 2. The molecule has 0 saturated heterocycles. The van der Waals surface area contributed by atoms with Crippen molar-refractivity contribution in [2.24, 2.45) is 0 Å². The van der Waals surface area contributed by atoms with Crippen LogP contribution in [0.2, 0.25) is 0 Å². The second-order valence-electron chi connectivity index (χ2n) is 7.77. The Balaban J connectivity index is 1.26. The molecule has 4 aromatic rings. The van der Waals surface area contributed by atoms with Gasteiger partial charge in [-0.25, -0.2) is 4.79 Å². The predicted octanol–water partition coefficient (Wildman–Crippen LogP) is 3.84. The first-order valence-electron chi connectivity index (χ1n) is 10.9. The highest BCUT2D eigenvalue weighted by Crippen LogP contribution is 2.23. The van der Waals surface area contributed by atoms with Gasteiger partial charge in [-0.2, -0.15) is 0 Å². The van der Waals surface area contributed by atoms with Crippen LogP contribution >= 0.6 is 0 Å². The van der Waals surface area contributed by atoms with E-state index in [1.165, 1.54) is 6.07 Å². The molecular formula is C27H24N2O5. The third-order valence-electron chi connectivity index (χ3n) is 5.28. The number of fused-ring (bicyclic) bond motifs is 1. The van der Waals surface area contributed by atoms with E-state index in [0.717, 1.165) is 16.5 Å². The first-order valence-corrected chi connectivity index (χ1v) is 10.9. The summed E-state index contributed by atoms with van der Waals surface area (Å²) < 4.78 is 11.1. The van der Waals surface area contributed by atoms with Crippen LogP contribution in [0.25, 0.3) is 11.0 Å². The van der Waals surface area contributed by atoms with E-state index in [4.69, 9.17) is 9.15 Å². The zero-order chi connectivity index (χ0) is 23.9. The van der Waals surface area contributed by atoms with Crippen LogP contribution in [0.5, 0.6) is 5.75 Å². The van der Waals surface area contributed by atoms with Crippen molar-refractivity contribution in [3.63, 3.8) is 0 Å². The van der Waals surface area contributed by atoms with Crippen LogP contribution < -0.4 is 21.0 Å². The van der Waals surface area contributed by atoms with E-state index < -0.39 is 5.63 Å². The van der Waals surface area contributed by atoms with E-state index >= 15 is 0 Å². The fourth-order valence-electron chi connectivity index (χ4n) is 3.46. The molecule has 1 heterocycles. The van der Waals surface area contributed by atoms with Crippen LogP contribution in [0.15, 0.2) is 88.1 Å². The molecule has 1 aromatic heterocycles. The maximum Gasteiger partial charge on any atom is 0.336 e. The van der Waals surface area contributed by atoms with E-state index in [0.29, 0.717) is 42.2 Å². The maximum absolute atomic E-state index is 12.3. The van der Waals surface area contributed by atoms with Crippen molar-refractivity contribution in [2.75, 3.05) is 13.1 Å². The van der Waals surface area contributed by atoms with Gasteiger partial charge in [0.05, 0.1) is 0 Å². The van der Waals surface area contributed by atoms with E-state index in [1.54, 1.807) is 42.5 Å². The van der Waals surface area contributed by atoms with Crippen LogP contribution in [-0.2, 0) is 6.61 Å². The number of aryl methyl sites for hydroxylation is 1. The summed E-state index contributed by atoms with van der Waals surface area (Å²) in [5.74, 6) is 0.185. The van der Waals surface area contributed by atoms with E-state index in [1.807, 2.05) is 37.3 Å². The molecule has 7 heteroatoms. The van der Waals surface area contributed by atoms with Crippen LogP contribution in [0.4, 0.5) is 0 Å². The molecule has 0 atom stereocenters. The monoisotopic (exact) mass is 456 g/mol. The lowest BCUT2D eigenvalue weighted by molar-refractivity contribution is 0.0927. The van der Waals surface area contributed by atoms with E-state index in [-0.39, 0.29) is 11.8 Å². The Bertz CT molecular complexity index is 1360. The van der Waals surface area contributed by atoms with Gasteiger partial charge < -0.3 is 19.8 Å². The molecule has 4 rings (SSSR count). The maximum atomic E-state index is 12.3. The van der Waals surface area contributed by atoms with Crippen LogP contribution in [0, 0.1) is 6.92 Å².